The van der Waals surface area contributed by atoms with Gasteiger partial charge in [0.15, 0.2) is 0 Å². The maximum absolute atomic E-state index is 12.2. The van der Waals surface area contributed by atoms with Gasteiger partial charge in [-0.3, -0.25) is 9.78 Å². The van der Waals surface area contributed by atoms with Crippen LogP contribution < -0.4 is 5.32 Å². The summed E-state index contributed by atoms with van der Waals surface area (Å²) in [5.74, 6) is 0.242. The van der Waals surface area contributed by atoms with E-state index < -0.39 is 0 Å². The number of carbonyl (C=O) groups excluding carboxylic acids is 1. The number of aromatic nitrogens is 1. The van der Waals surface area contributed by atoms with E-state index in [4.69, 9.17) is 0 Å². The molecular formula is C14H20ClN3O. The van der Waals surface area contributed by atoms with Gasteiger partial charge in [0, 0.05) is 37.4 Å². The highest BCUT2D eigenvalue weighted by molar-refractivity contribution is 5.85. The smallest absolute Gasteiger partial charge is 0.227 e. The molecule has 3 rings (SSSR count). The van der Waals surface area contributed by atoms with Crippen LogP contribution in [0.15, 0.2) is 24.5 Å². The Morgan fingerprint density at radius 1 is 1.47 bits per heavy atom. The third-order valence-electron chi connectivity index (χ3n) is 4.20. The Hall–Kier alpha value is -1.13. The molecule has 1 aromatic heterocycles. The van der Waals surface area contributed by atoms with Gasteiger partial charge in [-0.15, -0.1) is 12.4 Å². The van der Waals surface area contributed by atoms with Gasteiger partial charge in [0.05, 0.1) is 6.42 Å². The Morgan fingerprint density at radius 3 is 3.05 bits per heavy atom. The second-order valence-electron chi connectivity index (χ2n) is 5.53. The second-order valence-corrected chi connectivity index (χ2v) is 5.53. The molecule has 1 N–H and O–H groups in total. The Bertz CT molecular complexity index is 432. The zero-order valence-electron chi connectivity index (χ0n) is 11.0. The van der Waals surface area contributed by atoms with Gasteiger partial charge in [0.25, 0.3) is 0 Å². The number of hydrogen-bond acceptors (Lipinski definition) is 3. The third-order valence-corrected chi connectivity index (χ3v) is 4.20. The van der Waals surface area contributed by atoms with Gasteiger partial charge < -0.3 is 10.2 Å². The molecule has 1 amide bonds. The Balaban J connectivity index is 0.00000133. The number of nitrogens with one attached hydrogen (secondary N) is 1. The lowest BCUT2D eigenvalue weighted by molar-refractivity contribution is -0.129. The van der Waals surface area contributed by atoms with Gasteiger partial charge in [-0.05, 0) is 31.0 Å². The quantitative estimate of drug-likeness (QED) is 0.888. The molecule has 2 aliphatic heterocycles. The molecule has 19 heavy (non-hydrogen) atoms. The van der Waals surface area contributed by atoms with Crippen LogP contribution in [-0.2, 0) is 11.2 Å². The molecule has 1 atom stereocenters. The fraction of sp³-hybridized carbons (Fsp3) is 0.571. The number of halogens is 1. The van der Waals surface area contributed by atoms with Gasteiger partial charge in [0.2, 0.25) is 5.91 Å². The standard InChI is InChI=1S/C14H19N3O.ClH/c18-13(8-12-2-1-5-15-9-12)17-7-4-14(11-17)3-6-16-10-14;/h1-2,5,9,16H,3-4,6-8,10-11H2;1H. The van der Waals surface area contributed by atoms with Crippen molar-refractivity contribution < 1.29 is 4.79 Å². The predicted octanol–water partition coefficient (Wildman–Crippen LogP) is 1.26. The second kappa shape index (κ2) is 5.88. The Kier molecular flexibility index (Phi) is 4.42. The van der Waals surface area contributed by atoms with E-state index in [1.54, 1.807) is 12.4 Å². The summed E-state index contributed by atoms with van der Waals surface area (Å²) in [5, 5.41) is 3.42. The molecule has 4 nitrogen and oxygen atoms in total. The van der Waals surface area contributed by atoms with Crippen molar-refractivity contribution in [3.63, 3.8) is 0 Å². The molecule has 104 valence electrons. The fourth-order valence-electron chi connectivity index (χ4n) is 3.08. The van der Waals surface area contributed by atoms with Gasteiger partial charge in [0.1, 0.15) is 0 Å². The number of hydrogen-bond donors (Lipinski definition) is 1. The maximum atomic E-state index is 12.2. The first-order chi connectivity index (χ1) is 8.77. The summed E-state index contributed by atoms with van der Waals surface area (Å²) in [4.78, 5) is 18.3. The lowest BCUT2D eigenvalue weighted by Crippen LogP contribution is -2.34. The summed E-state index contributed by atoms with van der Waals surface area (Å²) >= 11 is 0. The summed E-state index contributed by atoms with van der Waals surface area (Å²) in [7, 11) is 0. The number of nitrogens with zero attached hydrogens (tertiary/aromatic N) is 2. The first-order valence-electron chi connectivity index (χ1n) is 6.65. The van der Waals surface area contributed by atoms with Crippen molar-refractivity contribution in [1.82, 2.24) is 15.2 Å². The zero-order valence-corrected chi connectivity index (χ0v) is 11.8. The van der Waals surface area contributed by atoms with Crippen LogP contribution >= 0.6 is 12.4 Å². The molecular weight excluding hydrogens is 262 g/mol. The molecule has 1 spiro atoms. The van der Waals surface area contributed by atoms with Crippen molar-refractivity contribution in [2.75, 3.05) is 26.2 Å². The van der Waals surface area contributed by atoms with E-state index in [9.17, 15) is 4.79 Å². The molecule has 2 aliphatic rings. The summed E-state index contributed by atoms with van der Waals surface area (Å²) in [6, 6.07) is 3.85. The molecule has 1 unspecified atom stereocenters. The minimum Gasteiger partial charge on any atom is -0.342 e. The van der Waals surface area contributed by atoms with Crippen molar-refractivity contribution in [1.29, 1.82) is 0 Å². The van der Waals surface area contributed by atoms with Crippen molar-refractivity contribution in [3.8, 4) is 0 Å². The third kappa shape index (κ3) is 3.07. The van der Waals surface area contributed by atoms with E-state index in [0.717, 1.165) is 38.2 Å². The first-order valence-corrected chi connectivity index (χ1v) is 6.65. The topological polar surface area (TPSA) is 45.2 Å². The molecule has 1 aromatic rings. The number of pyridine rings is 1. The number of rotatable bonds is 2. The zero-order chi connectivity index (χ0) is 12.4. The van der Waals surface area contributed by atoms with E-state index in [-0.39, 0.29) is 18.3 Å². The van der Waals surface area contributed by atoms with Crippen LogP contribution in [0.2, 0.25) is 0 Å². The molecule has 0 bridgehead atoms. The fourth-order valence-corrected chi connectivity index (χ4v) is 3.08. The van der Waals surface area contributed by atoms with Crippen LogP contribution in [0.4, 0.5) is 0 Å². The van der Waals surface area contributed by atoms with Crippen LogP contribution in [0.3, 0.4) is 0 Å². The largest absolute Gasteiger partial charge is 0.342 e. The van der Waals surface area contributed by atoms with Crippen molar-refractivity contribution in [2.45, 2.75) is 19.3 Å². The van der Waals surface area contributed by atoms with Crippen LogP contribution in [-0.4, -0.2) is 42.0 Å². The van der Waals surface area contributed by atoms with E-state index in [1.165, 1.54) is 6.42 Å². The Labute approximate surface area is 120 Å². The van der Waals surface area contributed by atoms with Crippen LogP contribution in [0.5, 0.6) is 0 Å². The highest BCUT2D eigenvalue weighted by atomic mass is 35.5. The molecule has 2 fully saturated rings. The van der Waals surface area contributed by atoms with E-state index in [1.807, 2.05) is 17.0 Å². The molecule has 5 heteroatoms. The highest BCUT2D eigenvalue weighted by Gasteiger charge is 2.41. The average molecular weight is 282 g/mol. The van der Waals surface area contributed by atoms with Gasteiger partial charge in [-0.2, -0.15) is 0 Å². The average Bonchev–Trinajstić information content (AvgIpc) is 3.02. The first kappa shape index (κ1) is 14.3. The van der Waals surface area contributed by atoms with Gasteiger partial charge in [-0.1, -0.05) is 6.07 Å². The molecule has 0 aliphatic carbocycles. The highest BCUT2D eigenvalue weighted by Crippen LogP contribution is 2.36. The lowest BCUT2D eigenvalue weighted by atomic mass is 9.86. The summed E-state index contributed by atoms with van der Waals surface area (Å²) in [6.45, 7) is 4.02. The van der Waals surface area contributed by atoms with Crippen LogP contribution in [0.1, 0.15) is 18.4 Å². The SMILES string of the molecule is Cl.O=C(Cc1cccnc1)N1CCC2(CCNC2)C1. The summed E-state index contributed by atoms with van der Waals surface area (Å²) < 4.78 is 0. The normalized spacial score (nSPS) is 25.6. The molecule has 3 heterocycles. The van der Waals surface area contributed by atoms with E-state index in [0.29, 0.717) is 11.8 Å². The van der Waals surface area contributed by atoms with Crippen LogP contribution in [0.25, 0.3) is 0 Å². The molecule has 0 saturated carbocycles. The number of amides is 1. The van der Waals surface area contributed by atoms with Crippen molar-refractivity contribution >= 4 is 18.3 Å². The van der Waals surface area contributed by atoms with Gasteiger partial charge in [-0.25, -0.2) is 0 Å². The Morgan fingerprint density at radius 2 is 2.37 bits per heavy atom. The minimum atomic E-state index is 0. The van der Waals surface area contributed by atoms with Crippen molar-refractivity contribution in [2.24, 2.45) is 5.41 Å². The molecule has 2 saturated heterocycles. The van der Waals surface area contributed by atoms with Crippen LogP contribution in [0, 0.1) is 5.41 Å². The minimum absolute atomic E-state index is 0. The summed E-state index contributed by atoms with van der Waals surface area (Å²) in [6.07, 6.45) is 6.36. The number of carbonyl (C=O) groups is 1. The van der Waals surface area contributed by atoms with E-state index in [2.05, 4.69) is 10.3 Å². The lowest BCUT2D eigenvalue weighted by Gasteiger charge is -2.22. The molecule has 0 radical (unpaired) electrons. The van der Waals surface area contributed by atoms with E-state index >= 15 is 0 Å². The van der Waals surface area contributed by atoms with Crippen molar-refractivity contribution in [3.05, 3.63) is 30.1 Å². The maximum Gasteiger partial charge on any atom is 0.227 e. The monoisotopic (exact) mass is 281 g/mol. The number of likely N-dealkylation sites (tertiary alicyclic amines) is 1. The molecule has 0 aromatic carbocycles. The van der Waals surface area contributed by atoms with Gasteiger partial charge >= 0.3 is 0 Å². The summed E-state index contributed by atoms with van der Waals surface area (Å²) in [5.41, 5.74) is 1.37. The predicted molar refractivity (Wildman–Crippen MR) is 76.3 cm³/mol.